The maximum absolute atomic E-state index is 13.0. The number of hydrogen-bond donors (Lipinski definition) is 0. The Bertz CT molecular complexity index is 389. The zero-order chi connectivity index (χ0) is 10.7. The lowest BCUT2D eigenvalue weighted by atomic mass is 10.2. The SMILES string of the molecule is N#Cc1c(OC(F)F)ccc(Cl)c1F. The molecule has 0 bridgehead atoms. The van der Waals surface area contributed by atoms with Crippen molar-refractivity contribution in [2.75, 3.05) is 0 Å². The van der Waals surface area contributed by atoms with Crippen molar-refractivity contribution in [2.45, 2.75) is 6.61 Å². The lowest BCUT2D eigenvalue weighted by molar-refractivity contribution is -0.0501. The molecule has 0 aliphatic rings. The molecule has 0 amide bonds. The molecule has 1 aromatic rings. The Morgan fingerprint density at radius 2 is 2.07 bits per heavy atom. The van der Waals surface area contributed by atoms with Gasteiger partial charge in [0.25, 0.3) is 0 Å². The quantitative estimate of drug-likeness (QED) is 0.769. The van der Waals surface area contributed by atoms with Gasteiger partial charge in [-0.05, 0) is 12.1 Å². The molecule has 74 valence electrons. The van der Waals surface area contributed by atoms with E-state index in [4.69, 9.17) is 16.9 Å². The summed E-state index contributed by atoms with van der Waals surface area (Å²) in [6.07, 6.45) is 0. The van der Waals surface area contributed by atoms with Crippen LogP contribution in [0, 0.1) is 17.1 Å². The molecule has 0 aliphatic carbocycles. The van der Waals surface area contributed by atoms with Gasteiger partial charge in [0.15, 0.2) is 5.82 Å². The molecule has 6 heteroatoms. The molecule has 0 spiro atoms. The fourth-order valence-electron chi connectivity index (χ4n) is 0.831. The third kappa shape index (κ3) is 2.09. The van der Waals surface area contributed by atoms with Crippen LogP contribution in [0.3, 0.4) is 0 Å². The summed E-state index contributed by atoms with van der Waals surface area (Å²) in [6.45, 7) is -3.11. The van der Waals surface area contributed by atoms with Crippen LogP contribution in [0.15, 0.2) is 12.1 Å². The molecule has 14 heavy (non-hydrogen) atoms. The maximum Gasteiger partial charge on any atom is 0.387 e. The zero-order valence-electron chi connectivity index (χ0n) is 6.60. The molecule has 1 rings (SSSR count). The molecule has 0 atom stereocenters. The van der Waals surface area contributed by atoms with Gasteiger partial charge < -0.3 is 4.74 Å². The second-order valence-electron chi connectivity index (χ2n) is 2.22. The molecular formula is C8H3ClF3NO. The molecule has 1 aromatic carbocycles. The summed E-state index contributed by atoms with van der Waals surface area (Å²) in [4.78, 5) is 0. The van der Waals surface area contributed by atoms with Gasteiger partial charge in [-0.1, -0.05) is 11.6 Å². The van der Waals surface area contributed by atoms with Gasteiger partial charge in [0.2, 0.25) is 0 Å². The van der Waals surface area contributed by atoms with Gasteiger partial charge in [0, 0.05) is 0 Å². The van der Waals surface area contributed by atoms with Gasteiger partial charge in [-0.15, -0.1) is 0 Å². The minimum absolute atomic E-state index is 0.317. The first-order chi connectivity index (χ1) is 6.56. The van der Waals surface area contributed by atoms with Crippen molar-refractivity contribution in [3.05, 3.63) is 28.5 Å². The largest absolute Gasteiger partial charge is 0.433 e. The van der Waals surface area contributed by atoms with E-state index in [2.05, 4.69) is 4.74 Å². The second kappa shape index (κ2) is 4.20. The summed E-state index contributed by atoms with van der Waals surface area (Å²) in [5.41, 5.74) is -0.627. The van der Waals surface area contributed by atoms with Crippen molar-refractivity contribution in [3.8, 4) is 11.8 Å². The minimum Gasteiger partial charge on any atom is -0.433 e. The minimum atomic E-state index is -3.11. The average molecular weight is 222 g/mol. The Labute approximate surface area is 82.5 Å². The monoisotopic (exact) mass is 221 g/mol. The highest BCUT2D eigenvalue weighted by Crippen LogP contribution is 2.27. The van der Waals surface area contributed by atoms with Crippen LogP contribution < -0.4 is 4.74 Å². The van der Waals surface area contributed by atoms with Gasteiger partial charge in [-0.2, -0.15) is 14.0 Å². The third-order valence-electron chi connectivity index (χ3n) is 1.38. The third-order valence-corrected chi connectivity index (χ3v) is 1.68. The Hall–Kier alpha value is -1.41. The van der Waals surface area contributed by atoms with Crippen molar-refractivity contribution in [1.82, 2.24) is 0 Å². The van der Waals surface area contributed by atoms with Crippen LogP contribution in [0.4, 0.5) is 13.2 Å². The van der Waals surface area contributed by atoms with E-state index in [0.717, 1.165) is 12.1 Å². The summed E-state index contributed by atoms with van der Waals surface area (Å²) in [5, 5.41) is 8.15. The van der Waals surface area contributed by atoms with E-state index in [1.165, 1.54) is 6.07 Å². The summed E-state index contributed by atoms with van der Waals surface area (Å²) < 4.78 is 40.5. The summed E-state index contributed by atoms with van der Waals surface area (Å²) >= 11 is 5.33. The molecule has 0 saturated heterocycles. The van der Waals surface area contributed by atoms with E-state index in [1.54, 1.807) is 0 Å². The second-order valence-corrected chi connectivity index (χ2v) is 2.63. The lowest BCUT2D eigenvalue weighted by Gasteiger charge is -2.06. The highest BCUT2D eigenvalue weighted by atomic mass is 35.5. The maximum atomic E-state index is 13.0. The van der Waals surface area contributed by atoms with Crippen LogP contribution >= 0.6 is 11.6 Å². The van der Waals surface area contributed by atoms with Crippen LogP contribution in [0.2, 0.25) is 5.02 Å². The van der Waals surface area contributed by atoms with E-state index >= 15 is 0 Å². The Morgan fingerprint density at radius 3 is 2.57 bits per heavy atom. The molecule has 0 saturated carbocycles. The van der Waals surface area contributed by atoms with Crippen molar-refractivity contribution in [3.63, 3.8) is 0 Å². The van der Waals surface area contributed by atoms with Gasteiger partial charge in [0.1, 0.15) is 17.4 Å². The number of nitrogens with zero attached hydrogens (tertiary/aromatic N) is 1. The van der Waals surface area contributed by atoms with Crippen molar-refractivity contribution >= 4 is 11.6 Å². The van der Waals surface area contributed by atoms with Crippen molar-refractivity contribution in [2.24, 2.45) is 0 Å². The van der Waals surface area contributed by atoms with Gasteiger partial charge in [-0.3, -0.25) is 0 Å². The molecule has 0 N–H and O–H groups in total. The molecule has 0 aliphatic heterocycles. The van der Waals surface area contributed by atoms with Crippen molar-refractivity contribution < 1.29 is 17.9 Å². The van der Waals surface area contributed by atoms with Crippen LogP contribution in [-0.2, 0) is 0 Å². The average Bonchev–Trinajstić information content (AvgIpc) is 2.11. The first-order valence-electron chi connectivity index (χ1n) is 3.39. The summed E-state index contributed by atoms with van der Waals surface area (Å²) in [5.74, 6) is -1.59. The van der Waals surface area contributed by atoms with E-state index in [0.29, 0.717) is 0 Å². The number of rotatable bonds is 2. The number of halogens is 4. The molecule has 2 nitrogen and oxygen atoms in total. The molecular weight excluding hydrogens is 219 g/mol. The van der Waals surface area contributed by atoms with Gasteiger partial charge in [0.05, 0.1) is 5.02 Å². The van der Waals surface area contributed by atoms with Gasteiger partial charge in [-0.25, -0.2) is 4.39 Å². The number of nitriles is 1. The van der Waals surface area contributed by atoms with Crippen LogP contribution in [-0.4, -0.2) is 6.61 Å². The Balaban J connectivity index is 3.19. The zero-order valence-corrected chi connectivity index (χ0v) is 7.36. The number of hydrogen-bond acceptors (Lipinski definition) is 2. The first kappa shape index (κ1) is 10.7. The molecule has 0 unspecified atom stereocenters. The summed E-state index contributed by atoms with van der Waals surface area (Å²) in [7, 11) is 0. The molecule has 0 heterocycles. The lowest BCUT2D eigenvalue weighted by Crippen LogP contribution is -2.04. The summed E-state index contributed by atoms with van der Waals surface area (Å²) in [6, 6.07) is 3.44. The Morgan fingerprint density at radius 1 is 1.43 bits per heavy atom. The van der Waals surface area contributed by atoms with E-state index in [9.17, 15) is 13.2 Å². The van der Waals surface area contributed by atoms with Crippen LogP contribution in [0.25, 0.3) is 0 Å². The van der Waals surface area contributed by atoms with Gasteiger partial charge >= 0.3 is 6.61 Å². The fraction of sp³-hybridized carbons (Fsp3) is 0.125. The van der Waals surface area contributed by atoms with Crippen LogP contribution in [0.5, 0.6) is 5.75 Å². The topological polar surface area (TPSA) is 33.0 Å². The van der Waals surface area contributed by atoms with Crippen molar-refractivity contribution in [1.29, 1.82) is 5.26 Å². The highest BCUT2D eigenvalue weighted by Gasteiger charge is 2.15. The molecule has 0 fully saturated rings. The van der Waals surface area contributed by atoms with E-state index < -0.39 is 23.7 Å². The van der Waals surface area contributed by atoms with E-state index in [1.807, 2.05) is 0 Å². The van der Waals surface area contributed by atoms with E-state index in [-0.39, 0.29) is 5.02 Å². The Kier molecular flexibility index (Phi) is 3.20. The molecule has 0 radical (unpaired) electrons. The number of benzene rings is 1. The standard InChI is InChI=1S/C8H3ClF3NO/c9-5-1-2-6(14-8(11)12)4(3-13)7(5)10/h1-2,8H. The normalized spacial score (nSPS) is 10.0. The first-order valence-corrected chi connectivity index (χ1v) is 3.77. The predicted octanol–water partition coefficient (Wildman–Crippen LogP) is 2.95. The highest BCUT2D eigenvalue weighted by molar-refractivity contribution is 6.30. The predicted molar refractivity (Wildman–Crippen MR) is 42.8 cm³/mol. The smallest absolute Gasteiger partial charge is 0.387 e. The molecule has 0 aromatic heterocycles. The number of ether oxygens (including phenoxy) is 1. The number of alkyl halides is 2. The van der Waals surface area contributed by atoms with Crippen LogP contribution in [0.1, 0.15) is 5.56 Å². The fourth-order valence-corrected chi connectivity index (χ4v) is 0.989.